The number of anilines is 1. The summed E-state index contributed by atoms with van der Waals surface area (Å²) in [5, 5.41) is 16.2. The fourth-order valence-corrected chi connectivity index (χ4v) is 3.69. The van der Waals surface area contributed by atoms with Crippen LogP contribution < -0.4 is 10.1 Å². The molecular weight excluding hydrogens is 442 g/mol. The van der Waals surface area contributed by atoms with Gasteiger partial charge < -0.3 is 14.8 Å². The molecule has 0 aliphatic rings. The lowest BCUT2D eigenvalue weighted by Crippen LogP contribution is -2.14. The second-order valence-corrected chi connectivity index (χ2v) is 7.78. The molecule has 10 heteroatoms. The number of ether oxygens (including phenoxy) is 2. The van der Waals surface area contributed by atoms with E-state index in [0.717, 1.165) is 17.0 Å². The average molecular weight is 464 g/mol. The SMILES string of the molecule is CCOC(=O)c1ccc(NC(=O)CSc2nnc3ccc(-c4ccc(OC)cc4)nn23)cc1. The second-order valence-electron chi connectivity index (χ2n) is 6.83. The van der Waals surface area contributed by atoms with Crippen molar-refractivity contribution in [1.29, 1.82) is 0 Å². The minimum Gasteiger partial charge on any atom is -0.497 e. The molecule has 4 rings (SSSR count). The van der Waals surface area contributed by atoms with E-state index in [1.807, 2.05) is 36.4 Å². The molecule has 0 aliphatic carbocycles. The van der Waals surface area contributed by atoms with Gasteiger partial charge in [-0.05, 0) is 67.6 Å². The highest BCUT2D eigenvalue weighted by molar-refractivity contribution is 7.99. The number of nitrogens with one attached hydrogen (secondary N) is 1. The van der Waals surface area contributed by atoms with Crippen molar-refractivity contribution in [2.24, 2.45) is 0 Å². The smallest absolute Gasteiger partial charge is 0.338 e. The topological polar surface area (TPSA) is 108 Å². The average Bonchev–Trinajstić information content (AvgIpc) is 3.25. The van der Waals surface area contributed by atoms with Gasteiger partial charge in [-0.15, -0.1) is 10.2 Å². The van der Waals surface area contributed by atoms with Crippen molar-refractivity contribution in [2.45, 2.75) is 12.1 Å². The molecule has 0 saturated carbocycles. The van der Waals surface area contributed by atoms with Crippen LogP contribution in [0.4, 0.5) is 5.69 Å². The van der Waals surface area contributed by atoms with E-state index in [2.05, 4.69) is 20.6 Å². The Morgan fingerprint density at radius 2 is 1.76 bits per heavy atom. The monoisotopic (exact) mass is 463 g/mol. The number of hydrogen-bond acceptors (Lipinski definition) is 8. The lowest BCUT2D eigenvalue weighted by molar-refractivity contribution is -0.113. The Kier molecular flexibility index (Phi) is 6.84. The van der Waals surface area contributed by atoms with Gasteiger partial charge in [-0.2, -0.15) is 9.61 Å². The summed E-state index contributed by atoms with van der Waals surface area (Å²) in [7, 11) is 1.62. The minimum atomic E-state index is -0.397. The van der Waals surface area contributed by atoms with Crippen LogP contribution in [0.3, 0.4) is 0 Å². The van der Waals surface area contributed by atoms with Gasteiger partial charge in [-0.25, -0.2) is 4.79 Å². The van der Waals surface area contributed by atoms with E-state index in [4.69, 9.17) is 9.47 Å². The molecule has 168 valence electrons. The van der Waals surface area contributed by atoms with Gasteiger partial charge in [0, 0.05) is 11.3 Å². The molecular formula is C23H21N5O4S. The number of benzene rings is 2. The molecule has 0 fully saturated rings. The van der Waals surface area contributed by atoms with Crippen LogP contribution in [0.1, 0.15) is 17.3 Å². The lowest BCUT2D eigenvalue weighted by atomic mass is 10.1. The molecule has 0 saturated heterocycles. The van der Waals surface area contributed by atoms with Crippen molar-refractivity contribution in [2.75, 3.05) is 24.8 Å². The number of thioether (sulfide) groups is 1. The summed E-state index contributed by atoms with van der Waals surface area (Å²) in [6.45, 7) is 2.06. The molecule has 0 aliphatic heterocycles. The highest BCUT2D eigenvalue weighted by Gasteiger charge is 2.13. The number of hydrogen-bond donors (Lipinski definition) is 1. The molecule has 2 aromatic carbocycles. The van der Waals surface area contributed by atoms with Gasteiger partial charge in [0.25, 0.3) is 0 Å². The molecule has 33 heavy (non-hydrogen) atoms. The van der Waals surface area contributed by atoms with Gasteiger partial charge in [0.15, 0.2) is 5.65 Å². The quantitative estimate of drug-likeness (QED) is 0.311. The van der Waals surface area contributed by atoms with E-state index in [1.165, 1.54) is 11.8 Å². The third-order valence-electron chi connectivity index (χ3n) is 4.63. The molecule has 1 amide bonds. The van der Waals surface area contributed by atoms with E-state index in [9.17, 15) is 9.59 Å². The summed E-state index contributed by atoms with van der Waals surface area (Å²) < 4.78 is 11.8. The maximum Gasteiger partial charge on any atom is 0.338 e. The summed E-state index contributed by atoms with van der Waals surface area (Å²) in [4.78, 5) is 24.1. The maximum atomic E-state index is 12.4. The Labute approximate surface area is 194 Å². The fourth-order valence-electron chi connectivity index (χ4n) is 3.01. The van der Waals surface area contributed by atoms with Crippen LogP contribution in [0.5, 0.6) is 5.75 Å². The standard InChI is InChI=1S/C23H21N5O4S/c1-3-32-22(30)16-4-8-17(9-5-16)24-21(29)14-33-23-26-25-20-13-12-19(27-28(20)23)15-6-10-18(31-2)11-7-15/h4-13H,3,14H2,1-2H3,(H,24,29). The number of nitrogens with zero attached hydrogens (tertiary/aromatic N) is 4. The van der Waals surface area contributed by atoms with Crippen LogP contribution >= 0.6 is 11.8 Å². The number of carbonyl (C=O) groups excluding carboxylic acids is 2. The van der Waals surface area contributed by atoms with Crippen LogP contribution in [0.2, 0.25) is 0 Å². The predicted molar refractivity (Wildman–Crippen MR) is 125 cm³/mol. The van der Waals surface area contributed by atoms with Gasteiger partial charge in [-0.1, -0.05) is 11.8 Å². The first-order valence-electron chi connectivity index (χ1n) is 10.1. The van der Waals surface area contributed by atoms with E-state index >= 15 is 0 Å². The summed E-state index contributed by atoms with van der Waals surface area (Å²) in [5.41, 5.74) is 3.27. The van der Waals surface area contributed by atoms with Crippen LogP contribution in [-0.2, 0) is 9.53 Å². The molecule has 9 nitrogen and oxygen atoms in total. The number of fused-ring (bicyclic) bond motifs is 1. The molecule has 0 bridgehead atoms. The van der Waals surface area contributed by atoms with E-state index in [-0.39, 0.29) is 11.7 Å². The first kappa shape index (κ1) is 22.3. The lowest BCUT2D eigenvalue weighted by Gasteiger charge is -2.06. The van der Waals surface area contributed by atoms with E-state index in [0.29, 0.717) is 28.7 Å². The number of esters is 1. The Hall–Kier alpha value is -3.92. The zero-order valence-corrected chi connectivity index (χ0v) is 18.8. The van der Waals surface area contributed by atoms with Gasteiger partial charge >= 0.3 is 5.97 Å². The van der Waals surface area contributed by atoms with Crippen molar-refractivity contribution in [3.05, 3.63) is 66.2 Å². The zero-order valence-electron chi connectivity index (χ0n) is 18.0. The van der Waals surface area contributed by atoms with Crippen molar-refractivity contribution < 1.29 is 19.1 Å². The summed E-state index contributed by atoms with van der Waals surface area (Å²) in [6, 6.07) is 17.8. The maximum absolute atomic E-state index is 12.4. The molecule has 2 heterocycles. The molecule has 2 aromatic heterocycles. The Balaban J connectivity index is 1.41. The summed E-state index contributed by atoms with van der Waals surface area (Å²) in [6.07, 6.45) is 0. The molecule has 0 unspecified atom stereocenters. The highest BCUT2D eigenvalue weighted by Crippen LogP contribution is 2.23. The Bertz CT molecular complexity index is 1270. The number of methoxy groups -OCH3 is 1. The van der Waals surface area contributed by atoms with Crippen molar-refractivity contribution in [1.82, 2.24) is 19.8 Å². The molecule has 4 aromatic rings. The van der Waals surface area contributed by atoms with Gasteiger partial charge in [-0.3, -0.25) is 4.79 Å². The third kappa shape index (κ3) is 5.29. The fraction of sp³-hybridized carbons (Fsp3) is 0.174. The normalized spacial score (nSPS) is 10.7. The number of carbonyl (C=O) groups is 2. The number of amides is 1. The number of aromatic nitrogens is 4. The van der Waals surface area contributed by atoms with Crippen LogP contribution in [0.25, 0.3) is 16.9 Å². The molecule has 0 atom stereocenters. The van der Waals surface area contributed by atoms with Gasteiger partial charge in [0.05, 0.1) is 30.7 Å². The molecule has 0 spiro atoms. The van der Waals surface area contributed by atoms with E-state index < -0.39 is 5.97 Å². The first-order valence-corrected chi connectivity index (χ1v) is 11.1. The Morgan fingerprint density at radius 3 is 2.45 bits per heavy atom. The van der Waals surface area contributed by atoms with Gasteiger partial charge in [0.1, 0.15) is 5.75 Å². The first-order chi connectivity index (χ1) is 16.1. The highest BCUT2D eigenvalue weighted by atomic mass is 32.2. The summed E-state index contributed by atoms with van der Waals surface area (Å²) in [5.74, 6) is 0.273. The van der Waals surface area contributed by atoms with Crippen molar-refractivity contribution >= 4 is 35.0 Å². The number of rotatable bonds is 8. The second kappa shape index (κ2) is 10.1. The predicted octanol–water partition coefficient (Wildman–Crippen LogP) is 3.71. The van der Waals surface area contributed by atoms with Crippen molar-refractivity contribution in [3.63, 3.8) is 0 Å². The largest absolute Gasteiger partial charge is 0.497 e. The minimum absolute atomic E-state index is 0.120. The Morgan fingerprint density at radius 1 is 1.00 bits per heavy atom. The molecule has 0 radical (unpaired) electrons. The van der Waals surface area contributed by atoms with Crippen LogP contribution in [0, 0.1) is 0 Å². The van der Waals surface area contributed by atoms with Crippen molar-refractivity contribution in [3.8, 4) is 17.0 Å². The molecule has 1 N–H and O–H groups in total. The summed E-state index contributed by atoms with van der Waals surface area (Å²) >= 11 is 1.23. The van der Waals surface area contributed by atoms with E-state index in [1.54, 1.807) is 42.8 Å². The van der Waals surface area contributed by atoms with Crippen LogP contribution in [0.15, 0.2) is 65.8 Å². The van der Waals surface area contributed by atoms with Crippen LogP contribution in [-0.4, -0.2) is 51.2 Å². The zero-order chi connectivity index (χ0) is 23.2. The van der Waals surface area contributed by atoms with Gasteiger partial charge in [0.2, 0.25) is 11.1 Å². The third-order valence-corrected chi connectivity index (χ3v) is 5.55.